The van der Waals surface area contributed by atoms with E-state index in [1.165, 1.54) is 16.7 Å². The van der Waals surface area contributed by atoms with Gasteiger partial charge in [-0.05, 0) is 37.3 Å². The predicted molar refractivity (Wildman–Crippen MR) is 111 cm³/mol. The minimum atomic E-state index is -0.187. The summed E-state index contributed by atoms with van der Waals surface area (Å²) < 4.78 is 11.2. The van der Waals surface area contributed by atoms with Crippen LogP contribution in [0.15, 0.2) is 47.4 Å². The van der Waals surface area contributed by atoms with Gasteiger partial charge in [-0.15, -0.1) is 0 Å². The van der Waals surface area contributed by atoms with Gasteiger partial charge < -0.3 is 9.47 Å². The molecule has 0 unspecified atom stereocenters. The first kappa shape index (κ1) is 18.8. The normalized spacial score (nSPS) is 15.7. The molecule has 134 valence electrons. The van der Waals surface area contributed by atoms with E-state index < -0.39 is 0 Å². The molecule has 1 fully saturated rings. The third kappa shape index (κ3) is 3.72. The molecule has 2 aromatic carbocycles. The van der Waals surface area contributed by atoms with Crippen LogP contribution in [-0.2, 0) is 4.79 Å². The van der Waals surface area contributed by atoms with Gasteiger partial charge in [0.05, 0.1) is 29.3 Å². The molecule has 0 aromatic heterocycles. The van der Waals surface area contributed by atoms with E-state index in [0.717, 1.165) is 11.3 Å². The van der Waals surface area contributed by atoms with Crippen LogP contribution in [0.3, 0.4) is 0 Å². The molecule has 4 nitrogen and oxygen atoms in total. The first-order valence-electron chi connectivity index (χ1n) is 7.88. The number of anilines is 1. The number of carbonyl (C=O) groups excluding carboxylic acids is 1. The Morgan fingerprint density at radius 1 is 1.23 bits per heavy atom. The Morgan fingerprint density at radius 2 is 2.00 bits per heavy atom. The highest BCUT2D eigenvalue weighted by Gasteiger charge is 2.33. The van der Waals surface area contributed by atoms with Crippen molar-refractivity contribution < 1.29 is 14.3 Å². The Balaban J connectivity index is 1.93. The highest BCUT2D eigenvalue weighted by molar-refractivity contribution is 8.27. The van der Waals surface area contributed by atoms with Crippen molar-refractivity contribution in [1.29, 1.82) is 0 Å². The van der Waals surface area contributed by atoms with Crippen molar-refractivity contribution >= 4 is 57.6 Å². The summed E-state index contributed by atoms with van der Waals surface area (Å²) in [6.07, 6.45) is 1.80. The third-order valence-corrected chi connectivity index (χ3v) is 5.29. The van der Waals surface area contributed by atoms with Crippen LogP contribution in [0.1, 0.15) is 12.5 Å². The van der Waals surface area contributed by atoms with Crippen molar-refractivity contribution in [3.8, 4) is 11.5 Å². The Morgan fingerprint density at radius 3 is 2.69 bits per heavy atom. The van der Waals surface area contributed by atoms with Crippen LogP contribution in [0.25, 0.3) is 6.08 Å². The van der Waals surface area contributed by atoms with Crippen LogP contribution in [-0.4, -0.2) is 23.9 Å². The summed E-state index contributed by atoms with van der Waals surface area (Å²) in [4.78, 5) is 14.9. The highest BCUT2D eigenvalue weighted by atomic mass is 35.5. The molecule has 0 atom stereocenters. The Labute approximate surface area is 166 Å². The lowest BCUT2D eigenvalue weighted by molar-refractivity contribution is -0.113. The fraction of sp³-hybridized carbons (Fsp3) is 0.158. The number of hydrogen-bond acceptors (Lipinski definition) is 5. The second kappa shape index (κ2) is 8.12. The largest absolute Gasteiger partial charge is 0.495 e. The third-order valence-electron chi connectivity index (χ3n) is 3.69. The van der Waals surface area contributed by atoms with Crippen molar-refractivity contribution in [2.75, 3.05) is 18.6 Å². The molecular weight excluding hydrogens is 390 g/mol. The summed E-state index contributed by atoms with van der Waals surface area (Å²) in [5.41, 5.74) is 1.45. The van der Waals surface area contributed by atoms with E-state index in [1.54, 1.807) is 31.4 Å². The molecule has 1 aliphatic rings. The molecule has 1 saturated heterocycles. The number of ether oxygens (including phenoxy) is 2. The van der Waals surface area contributed by atoms with Crippen LogP contribution >= 0.6 is 35.6 Å². The molecule has 0 N–H and O–H groups in total. The zero-order valence-electron chi connectivity index (χ0n) is 14.2. The topological polar surface area (TPSA) is 38.8 Å². The number of amides is 1. The molecule has 1 aliphatic heterocycles. The maximum atomic E-state index is 12.9. The molecule has 3 rings (SSSR count). The fourth-order valence-corrected chi connectivity index (χ4v) is 4.05. The van der Waals surface area contributed by atoms with Crippen molar-refractivity contribution in [1.82, 2.24) is 0 Å². The predicted octanol–water partition coefficient (Wildman–Crippen LogP) is 5.15. The minimum absolute atomic E-state index is 0.187. The van der Waals surface area contributed by atoms with Crippen molar-refractivity contribution in [3.05, 3.63) is 58.0 Å². The maximum Gasteiger partial charge on any atom is 0.270 e. The zero-order valence-corrected chi connectivity index (χ0v) is 16.6. The molecule has 0 bridgehead atoms. The second-order valence-electron chi connectivity index (χ2n) is 5.31. The summed E-state index contributed by atoms with van der Waals surface area (Å²) in [6, 6.07) is 12.7. The average Bonchev–Trinajstić information content (AvgIpc) is 2.90. The first-order valence-corrected chi connectivity index (χ1v) is 9.48. The van der Waals surface area contributed by atoms with E-state index in [1.807, 2.05) is 31.2 Å². The van der Waals surface area contributed by atoms with E-state index >= 15 is 0 Å². The second-order valence-corrected chi connectivity index (χ2v) is 7.39. The summed E-state index contributed by atoms with van der Waals surface area (Å²) in [7, 11) is 1.54. The van der Waals surface area contributed by atoms with Crippen LogP contribution in [0.5, 0.6) is 11.5 Å². The first-order chi connectivity index (χ1) is 12.5. The van der Waals surface area contributed by atoms with Crippen molar-refractivity contribution in [3.63, 3.8) is 0 Å². The van der Waals surface area contributed by atoms with Gasteiger partial charge in [-0.25, -0.2) is 0 Å². The molecule has 0 spiro atoms. The molecular formula is C19H16ClNO3S2. The van der Waals surface area contributed by atoms with Crippen molar-refractivity contribution in [2.45, 2.75) is 6.92 Å². The molecule has 0 aliphatic carbocycles. The lowest BCUT2D eigenvalue weighted by atomic mass is 10.2. The van der Waals surface area contributed by atoms with Gasteiger partial charge in [0, 0.05) is 5.56 Å². The average molecular weight is 406 g/mol. The molecule has 2 aromatic rings. The van der Waals surface area contributed by atoms with Crippen LogP contribution < -0.4 is 14.4 Å². The summed E-state index contributed by atoms with van der Waals surface area (Å²) in [5, 5.41) is 0.421. The number of thiocarbonyl (C=S) groups is 1. The number of nitrogens with zero attached hydrogens (tertiary/aromatic N) is 1. The molecule has 1 amide bonds. The fourth-order valence-electron chi connectivity index (χ4n) is 2.51. The van der Waals surface area contributed by atoms with Gasteiger partial charge in [0.2, 0.25) is 0 Å². The number of carbonyl (C=O) groups is 1. The van der Waals surface area contributed by atoms with E-state index in [0.29, 0.717) is 32.3 Å². The van der Waals surface area contributed by atoms with Gasteiger partial charge in [0.25, 0.3) is 5.91 Å². The van der Waals surface area contributed by atoms with Gasteiger partial charge in [-0.2, -0.15) is 0 Å². The Kier molecular flexibility index (Phi) is 5.86. The van der Waals surface area contributed by atoms with E-state index in [9.17, 15) is 4.79 Å². The Bertz CT molecular complexity index is 898. The summed E-state index contributed by atoms with van der Waals surface area (Å²) in [6.45, 7) is 2.47. The molecule has 0 saturated carbocycles. The van der Waals surface area contributed by atoms with Crippen LogP contribution in [0.4, 0.5) is 5.69 Å². The van der Waals surface area contributed by atoms with Crippen molar-refractivity contribution in [2.24, 2.45) is 0 Å². The number of rotatable bonds is 5. The number of thioether (sulfide) groups is 1. The van der Waals surface area contributed by atoms with Crippen LogP contribution in [0.2, 0.25) is 5.02 Å². The van der Waals surface area contributed by atoms with Gasteiger partial charge in [0.1, 0.15) is 11.5 Å². The van der Waals surface area contributed by atoms with Gasteiger partial charge in [0.15, 0.2) is 4.32 Å². The van der Waals surface area contributed by atoms with E-state index in [4.69, 9.17) is 33.3 Å². The Hall–Kier alpha value is -2.02. The van der Waals surface area contributed by atoms with Gasteiger partial charge in [-0.1, -0.05) is 53.8 Å². The minimum Gasteiger partial charge on any atom is -0.495 e. The van der Waals surface area contributed by atoms with Gasteiger partial charge >= 0.3 is 0 Å². The quantitative estimate of drug-likeness (QED) is 0.508. The number of halogens is 1. The molecule has 7 heteroatoms. The smallest absolute Gasteiger partial charge is 0.270 e. The number of para-hydroxylation sites is 1. The SMILES string of the molecule is CCOc1ccccc1/C=C1/SC(=S)N(c2ccc(OC)c(Cl)c2)C1=O. The standard InChI is InChI=1S/C19H16ClNO3S2/c1-3-24-15-7-5-4-6-12(15)10-17-18(22)21(19(25)26-17)13-8-9-16(23-2)14(20)11-13/h4-11H,3H2,1-2H3/b17-10+. The van der Waals surface area contributed by atoms with Gasteiger partial charge in [-0.3, -0.25) is 9.69 Å². The number of hydrogen-bond donors (Lipinski definition) is 0. The van der Waals surface area contributed by atoms with Crippen LogP contribution in [0, 0.1) is 0 Å². The molecule has 1 heterocycles. The number of benzene rings is 2. The summed E-state index contributed by atoms with van der Waals surface area (Å²) in [5.74, 6) is 1.09. The lowest BCUT2D eigenvalue weighted by Crippen LogP contribution is -2.27. The molecule has 0 radical (unpaired) electrons. The summed E-state index contributed by atoms with van der Waals surface area (Å²) >= 11 is 12.8. The van der Waals surface area contributed by atoms with E-state index in [2.05, 4.69) is 0 Å². The highest BCUT2D eigenvalue weighted by Crippen LogP contribution is 2.39. The maximum absolute atomic E-state index is 12.9. The zero-order chi connectivity index (χ0) is 18.7. The number of methoxy groups -OCH3 is 1. The monoisotopic (exact) mass is 405 g/mol. The lowest BCUT2D eigenvalue weighted by Gasteiger charge is -2.15. The van der Waals surface area contributed by atoms with E-state index in [-0.39, 0.29) is 5.91 Å². The molecule has 26 heavy (non-hydrogen) atoms.